The molecule has 1 aliphatic carbocycles. The van der Waals surface area contributed by atoms with Gasteiger partial charge in [0.05, 0.1) is 22.3 Å². The minimum Gasteiger partial charge on any atom is -0.393 e. The highest BCUT2D eigenvalue weighted by Gasteiger charge is 2.72. The van der Waals surface area contributed by atoms with Crippen LogP contribution in [-0.2, 0) is 14.6 Å². The van der Waals surface area contributed by atoms with Crippen LogP contribution < -0.4 is 5.73 Å². The van der Waals surface area contributed by atoms with Crippen molar-refractivity contribution in [2.24, 2.45) is 11.1 Å². The summed E-state index contributed by atoms with van der Waals surface area (Å²) in [5.41, 5.74) is 5.70. The Morgan fingerprint density at radius 2 is 1.95 bits per heavy atom. The molecule has 2 N–H and O–H groups in total. The number of nitrogens with two attached hydrogens (primary N) is 1. The number of ether oxygens (including phenoxy) is 1. The molecule has 0 heterocycles. The second-order valence-corrected chi connectivity index (χ2v) is 8.29. The molecule has 0 spiro atoms. The van der Waals surface area contributed by atoms with Gasteiger partial charge < -0.3 is 10.5 Å². The number of benzene rings is 1. The fourth-order valence-corrected chi connectivity index (χ4v) is 5.53. The molecule has 0 unspecified atom stereocenters. The van der Waals surface area contributed by atoms with E-state index in [4.69, 9.17) is 22.7 Å². The normalized spacial score (nSPS) is 27.6. The largest absolute Gasteiger partial charge is 0.393 e. The van der Waals surface area contributed by atoms with Crippen molar-refractivity contribution in [3.63, 3.8) is 0 Å². The van der Waals surface area contributed by atoms with E-state index in [0.29, 0.717) is 6.61 Å². The summed E-state index contributed by atoms with van der Waals surface area (Å²) in [6, 6.07) is 5.80. The van der Waals surface area contributed by atoms with Gasteiger partial charge in [0, 0.05) is 18.3 Å². The minimum atomic E-state index is -3.36. The second kappa shape index (κ2) is 6.22. The van der Waals surface area contributed by atoms with Crippen molar-refractivity contribution in [2.75, 3.05) is 19.0 Å². The molecule has 0 aliphatic heterocycles. The first-order chi connectivity index (χ1) is 10.3. The first kappa shape index (κ1) is 17.3. The van der Waals surface area contributed by atoms with Crippen molar-refractivity contribution in [3.8, 4) is 0 Å². The van der Waals surface area contributed by atoms with Crippen LogP contribution in [0.2, 0.25) is 0 Å². The van der Waals surface area contributed by atoms with E-state index in [-0.39, 0.29) is 29.1 Å². The number of halogens is 1. The Morgan fingerprint density at radius 1 is 1.36 bits per heavy atom. The Balaban J connectivity index is 2.48. The van der Waals surface area contributed by atoms with Crippen LogP contribution in [0.1, 0.15) is 25.3 Å². The van der Waals surface area contributed by atoms with Gasteiger partial charge in [-0.25, -0.2) is 12.8 Å². The molecular weight excluding hydrogens is 325 g/mol. The fraction of sp³-hybridized carbons (Fsp3) is 0.533. The lowest BCUT2D eigenvalue weighted by Gasteiger charge is -2.16. The Labute approximate surface area is 135 Å². The van der Waals surface area contributed by atoms with E-state index in [1.807, 2.05) is 6.92 Å². The molecule has 1 aromatic carbocycles. The number of hydrogen-bond donors (Lipinski definition) is 1. The predicted octanol–water partition coefficient (Wildman–Crippen LogP) is 2.04. The van der Waals surface area contributed by atoms with Crippen LogP contribution in [0.3, 0.4) is 0 Å². The molecule has 7 heteroatoms. The summed E-state index contributed by atoms with van der Waals surface area (Å²) in [6.07, 6.45) is 0. The molecule has 0 radical (unpaired) electrons. The van der Waals surface area contributed by atoms with E-state index in [9.17, 15) is 12.8 Å². The van der Waals surface area contributed by atoms with Gasteiger partial charge in [0.15, 0.2) is 9.84 Å². The molecule has 0 bridgehead atoms. The second-order valence-electron chi connectivity index (χ2n) is 5.44. The van der Waals surface area contributed by atoms with Crippen molar-refractivity contribution in [1.82, 2.24) is 0 Å². The smallest absolute Gasteiger partial charge is 0.154 e. The summed E-state index contributed by atoms with van der Waals surface area (Å²) in [5, 5.41) is -0.709. The van der Waals surface area contributed by atoms with Crippen molar-refractivity contribution < 1.29 is 17.5 Å². The lowest BCUT2D eigenvalue weighted by molar-refractivity contribution is 0.121. The van der Waals surface area contributed by atoms with Crippen molar-refractivity contribution in [3.05, 3.63) is 35.6 Å². The monoisotopic (exact) mass is 345 g/mol. The Kier molecular flexibility index (Phi) is 4.89. The van der Waals surface area contributed by atoms with Crippen LogP contribution >= 0.6 is 12.2 Å². The molecule has 0 aromatic heterocycles. The molecule has 1 aromatic rings. The first-order valence-electron chi connectivity index (χ1n) is 7.16. The van der Waals surface area contributed by atoms with Gasteiger partial charge in [-0.15, -0.1) is 0 Å². The molecule has 22 heavy (non-hydrogen) atoms. The number of hydrogen-bond acceptors (Lipinski definition) is 4. The maximum Gasteiger partial charge on any atom is 0.154 e. The van der Waals surface area contributed by atoms with Gasteiger partial charge in [-0.2, -0.15) is 0 Å². The molecule has 1 saturated carbocycles. The topological polar surface area (TPSA) is 69.4 Å². The minimum absolute atomic E-state index is 0.00580. The van der Waals surface area contributed by atoms with E-state index in [1.54, 1.807) is 19.1 Å². The maximum atomic E-state index is 13.1. The average molecular weight is 345 g/mol. The zero-order chi connectivity index (χ0) is 16.5. The molecule has 0 saturated heterocycles. The number of sulfone groups is 1. The Morgan fingerprint density at radius 3 is 2.41 bits per heavy atom. The summed E-state index contributed by atoms with van der Waals surface area (Å²) in [7, 11) is -3.36. The van der Waals surface area contributed by atoms with Gasteiger partial charge in [0.25, 0.3) is 0 Å². The molecule has 1 aliphatic rings. The number of thiocarbonyl (C=S) groups is 1. The maximum absolute atomic E-state index is 13.1. The van der Waals surface area contributed by atoms with Crippen LogP contribution in [0, 0.1) is 11.2 Å². The summed E-state index contributed by atoms with van der Waals surface area (Å²) in [5.74, 6) is -0.751. The van der Waals surface area contributed by atoms with Crippen molar-refractivity contribution >= 4 is 27.0 Å². The highest BCUT2D eigenvalue weighted by molar-refractivity contribution is 7.92. The van der Waals surface area contributed by atoms with Crippen LogP contribution in [0.15, 0.2) is 24.3 Å². The summed E-state index contributed by atoms with van der Waals surface area (Å²) < 4.78 is 43.5. The van der Waals surface area contributed by atoms with Crippen LogP contribution in [-0.4, -0.2) is 37.6 Å². The van der Waals surface area contributed by atoms with Gasteiger partial charge in [-0.3, -0.25) is 0 Å². The molecular formula is C15H20FNO3S2. The summed E-state index contributed by atoms with van der Waals surface area (Å²) in [4.78, 5) is 0.136. The third kappa shape index (κ3) is 2.77. The first-order valence-corrected chi connectivity index (χ1v) is 9.28. The van der Waals surface area contributed by atoms with Crippen LogP contribution in [0.25, 0.3) is 0 Å². The zero-order valence-electron chi connectivity index (χ0n) is 12.6. The number of rotatable bonds is 7. The lowest BCUT2D eigenvalue weighted by atomic mass is 10.00. The quantitative estimate of drug-likeness (QED) is 0.766. The van der Waals surface area contributed by atoms with Crippen LogP contribution in [0.5, 0.6) is 0 Å². The van der Waals surface area contributed by atoms with E-state index in [2.05, 4.69) is 0 Å². The van der Waals surface area contributed by atoms with E-state index in [1.165, 1.54) is 12.1 Å². The standard InChI is InChI=1S/C15H20FNO3S2/c1-3-20-9-15(14(17)21)12(13(15)22(18,19)4-2)10-5-7-11(16)8-6-10/h5-8,12-13H,3-4,9H2,1-2H3,(H2,17,21)/t12-,13-,15+/m0/s1. The third-order valence-corrected chi connectivity index (χ3v) is 6.93. The lowest BCUT2D eigenvalue weighted by Crippen LogP contribution is -2.34. The highest BCUT2D eigenvalue weighted by atomic mass is 32.2. The zero-order valence-corrected chi connectivity index (χ0v) is 14.2. The molecule has 4 nitrogen and oxygen atoms in total. The summed E-state index contributed by atoms with van der Waals surface area (Å²) >= 11 is 5.16. The van der Waals surface area contributed by atoms with Gasteiger partial charge in [-0.1, -0.05) is 31.3 Å². The average Bonchev–Trinajstić information content (AvgIpc) is 3.17. The van der Waals surface area contributed by atoms with E-state index < -0.39 is 20.5 Å². The molecule has 122 valence electrons. The van der Waals surface area contributed by atoms with Crippen molar-refractivity contribution in [2.45, 2.75) is 25.0 Å². The summed E-state index contributed by atoms with van der Waals surface area (Å²) in [6.45, 7) is 4.02. The van der Waals surface area contributed by atoms with Crippen LogP contribution in [0.4, 0.5) is 4.39 Å². The molecule has 0 amide bonds. The Hall–Kier alpha value is -1.05. The van der Waals surface area contributed by atoms with E-state index >= 15 is 0 Å². The van der Waals surface area contributed by atoms with Gasteiger partial charge in [0.1, 0.15) is 5.82 Å². The van der Waals surface area contributed by atoms with E-state index in [0.717, 1.165) is 5.56 Å². The van der Waals surface area contributed by atoms with Gasteiger partial charge in [-0.05, 0) is 24.6 Å². The predicted molar refractivity (Wildman–Crippen MR) is 88.1 cm³/mol. The Bertz CT molecular complexity index is 660. The van der Waals surface area contributed by atoms with Gasteiger partial charge >= 0.3 is 0 Å². The molecule has 1 fully saturated rings. The van der Waals surface area contributed by atoms with Gasteiger partial charge in [0.2, 0.25) is 0 Å². The molecule has 2 rings (SSSR count). The highest BCUT2D eigenvalue weighted by Crippen LogP contribution is 2.63. The van der Waals surface area contributed by atoms with Crippen molar-refractivity contribution in [1.29, 1.82) is 0 Å². The fourth-order valence-electron chi connectivity index (χ4n) is 3.06. The third-order valence-electron chi connectivity index (χ3n) is 4.28. The SMILES string of the molecule is CCOC[C@@]1(C(N)=S)[C@@H](c2ccc(F)cc2)[C@@H]1S(=O)(=O)CC. The molecule has 3 atom stereocenters.